The van der Waals surface area contributed by atoms with E-state index in [-0.39, 0.29) is 11.4 Å². The van der Waals surface area contributed by atoms with Crippen LogP contribution in [0.2, 0.25) is 5.02 Å². The SMILES string of the molecule is CCn1cc([N+](=O)[O-])c(C(=O)Nc2cccc(Cl)c2C)n1. The van der Waals surface area contributed by atoms with Crippen molar-refractivity contribution in [2.24, 2.45) is 0 Å². The Balaban J connectivity index is 2.34. The maximum atomic E-state index is 12.2. The largest absolute Gasteiger partial charge is 0.320 e. The highest BCUT2D eigenvalue weighted by molar-refractivity contribution is 6.31. The summed E-state index contributed by atoms with van der Waals surface area (Å²) in [5.74, 6) is -0.640. The normalized spacial score (nSPS) is 10.4. The van der Waals surface area contributed by atoms with Crippen molar-refractivity contribution < 1.29 is 9.72 Å². The molecule has 0 fully saturated rings. The first-order valence-electron chi connectivity index (χ1n) is 6.22. The first-order chi connectivity index (χ1) is 9.93. The number of anilines is 1. The molecule has 0 radical (unpaired) electrons. The van der Waals surface area contributed by atoms with Crippen LogP contribution in [-0.4, -0.2) is 20.6 Å². The summed E-state index contributed by atoms with van der Waals surface area (Å²) in [6, 6.07) is 5.05. The Morgan fingerprint density at radius 2 is 2.24 bits per heavy atom. The van der Waals surface area contributed by atoms with Gasteiger partial charge in [-0.15, -0.1) is 0 Å². The second kappa shape index (κ2) is 5.92. The van der Waals surface area contributed by atoms with E-state index in [1.807, 2.05) is 0 Å². The minimum atomic E-state index is -0.640. The summed E-state index contributed by atoms with van der Waals surface area (Å²) in [6.45, 7) is 3.96. The number of hydrogen-bond donors (Lipinski definition) is 1. The minimum absolute atomic E-state index is 0.221. The number of amides is 1. The molecule has 0 saturated heterocycles. The second-order valence-electron chi connectivity index (χ2n) is 4.34. The average molecular weight is 309 g/mol. The van der Waals surface area contributed by atoms with E-state index >= 15 is 0 Å². The Kier molecular flexibility index (Phi) is 4.23. The number of nitro groups is 1. The third-order valence-corrected chi connectivity index (χ3v) is 3.40. The zero-order valence-corrected chi connectivity index (χ0v) is 12.2. The van der Waals surface area contributed by atoms with Crippen molar-refractivity contribution in [1.29, 1.82) is 0 Å². The second-order valence-corrected chi connectivity index (χ2v) is 4.75. The van der Waals surface area contributed by atoms with E-state index in [0.29, 0.717) is 22.8 Å². The molecule has 1 amide bonds. The van der Waals surface area contributed by atoms with Gasteiger partial charge in [0.1, 0.15) is 6.20 Å². The quantitative estimate of drug-likeness (QED) is 0.694. The maximum Gasteiger partial charge on any atom is 0.320 e. The molecular weight excluding hydrogens is 296 g/mol. The number of benzene rings is 1. The lowest BCUT2D eigenvalue weighted by Gasteiger charge is -2.07. The first kappa shape index (κ1) is 15.0. The summed E-state index contributed by atoms with van der Waals surface area (Å²) in [7, 11) is 0. The Labute approximate surface area is 125 Å². The van der Waals surface area contributed by atoms with Crippen LogP contribution in [-0.2, 0) is 6.54 Å². The lowest BCUT2D eigenvalue weighted by molar-refractivity contribution is -0.385. The number of carbonyl (C=O) groups is 1. The number of aromatic nitrogens is 2. The maximum absolute atomic E-state index is 12.2. The number of nitrogens with zero attached hydrogens (tertiary/aromatic N) is 3. The summed E-state index contributed by atoms with van der Waals surface area (Å²) < 4.78 is 1.35. The number of rotatable bonds is 4. The van der Waals surface area contributed by atoms with Crippen LogP contribution in [0, 0.1) is 17.0 Å². The van der Waals surface area contributed by atoms with Gasteiger partial charge in [-0.25, -0.2) is 0 Å². The van der Waals surface area contributed by atoms with Gasteiger partial charge in [0.25, 0.3) is 5.91 Å². The molecule has 1 heterocycles. The number of carbonyl (C=O) groups excluding carboxylic acids is 1. The number of aryl methyl sites for hydroxylation is 1. The van der Waals surface area contributed by atoms with Crippen molar-refractivity contribution >= 4 is 28.9 Å². The van der Waals surface area contributed by atoms with Crippen LogP contribution in [0.4, 0.5) is 11.4 Å². The van der Waals surface area contributed by atoms with Crippen LogP contribution < -0.4 is 5.32 Å². The molecule has 7 nitrogen and oxygen atoms in total. The molecule has 2 rings (SSSR count). The van der Waals surface area contributed by atoms with Gasteiger partial charge in [0.15, 0.2) is 0 Å². The molecule has 0 atom stereocenters. The van der Waals surface area contributed by atoms with Crippen LogP contribution in [0.15, 0.2) is 24.4 Å². The molecule has 8 heteroatoms. The molecule has 110 valence electrons. The lowest BCUT2D eigenvalue weighted by Crippen LogP contribution is -2.15. The monoisotopic (exact) mass is 308 g/mol. The lowest BCUT2D eigenvalue weighted by atomic mass is 10.2. The van der Waals surface area contributed by atoms with Gasteiger partial charge in [-0.3, -0.25) is 19.6 Å². The van der Waals surface area contributed by atoms with Crippen LogP contribution in [0.3, 0.4) is 0 Å². The first-order valence-corrected chi connectivity index (χ1v) is 6.60. The van der Waals surface area contributed by atoms with Crippen molar-refractivity contribution in [3.8, 4) is 0 Å². The summed E-state index contributed by atoms with van der Waals surface area (Å²) in [5, 5.41) is 18.0. The highest BCUT2D eigenvalue weighted by atomic mass is 35.5. The number of halogens is 1. The summed E-state index contributed by atoms with van der Waals surface area (Å²) in [4.78, 5) is 22.6. The van der Waals surface area contributed by atoms with Gasteiger partial charge in [0, 0.05) is 17.3 Å². The predicted octanol–water partition coefficient (Wildman–Crippen LogP) is 3.03. The van der Waals surface area contributed by atoms with Gasteiger partial charge in [-0.2, -0.15) is 5.10 Å². The molecular formula is C13H13ClN4O3. The standard InChI is InChI=1S/C13H13ClN4O3/c1-3-17-7-11(18(20)21)12(16-17)13(19)15-10-6-4-5-9(14)8(10)2/h4-7H,3H2,1-2H3,(H,15,19). The van der Waals surface area contributed by atoms with E-state index in [2.05, 4.69) is 10.4 Å². The summed E-state index contributed by atoms with van der Waals surface area (Å²) >= 11 is 5.97. The Bertz CT molecular complexity index is 711. The van der Waals surface area contributed by atoms with Crippen molar-refractivity contribution in [1.82, 2.24) is 9.78 Å². The predicted molar refractivity (Wildman–Crippen MR) is 78.7 cm³/mol. The topological polar surface area (TPSA) is 90.1 Å². The van der Waals surface area contributed by atoms with Crippen molar-refractivity contribution in [3.63, 3.8) is 0 Å². The molecule has 0 bridgehead atoms. The fourth-order valence-corrected chi connectivity index (χ4v) is 1.97. The van der Waals surface area contributed by atoms with Gasteiger partial charge in [0.05, 0.1) is 4.92 Å². The van der Waals surface area contributed by atoms with Crippen LogP contribution in [0.5, 0.6) is 0 Å². The molecule has 1 aromatic carbocycles. The van der Waals surface area contributed by atoms with E-state index in [4.69, 9.17) is 11.6 Å². The Morgan fingerprint density at radius 1 is 1.52 bits per heavy atom. The zero-order chi connectivity index (χ0) is 15.6. The molecule has 2 aromatic rings. The van der Waals surface area contributed by atoms with E-state index in [1.54, 1.807) is 32.0 Å². The molecule has 1 N–H and O–H groups in total. The third-order valence-electron chi connectivity index (χ3n) is 2.99. The van der Waals surface area contributed by atoms with Crippen LogP contribution in [0.1, 0.15) is 23.0 Å². The van der Waals surface area contributed by atoms with Crippen LogP contribution in [0.25, 0.3) is 0 Å². The molecule has 0 unspecified atom stereocenters. The molecule has 0 saturated carbocycles. The van der Waals surface area contributed by atoms with Gasteiger partial charge in [0.2, 0.25) is 5.69 Å². The fraction of sp³-hybridized carbons (Fsp3) is 0.231. The highest BCUT2D eigenvalue weighted by Crippen LogP contribution is 2.24. The van der Waals surface area contributed by atoms with E-state index < -0.39 is 10.8 Å². The van der Waals surface area contributed by atoms with E-state index in [9.17, 15) is 14.9 Å². The van der Waals surface area contributed by atoms with E-state index in [1.165, 1.54) is 10.9 Å². The molecule has 0 aliphatic carbocycles. The van der Waals surface area contributed by atoms with Gasteiger partial charge < -0.3 is 5.32 Å². The van der Waals surface area contributed by atoms with Crippen molar-refractivity contribution in [2.75, 3.05) is 5.32 Å². The van der Waals surface area contributed by atoms with E-state index in [0.717, 1.165) is 0 Å². The summed E-state index contributed by atoms with van der Waals surface area (Å²) in [6.07, 6.45) is 1.24. The minimum Gasteiger partial charge on any atom is -0.320 e. The smallest absolute Gasteiger partial charge is 0.320 e. The fourth-order valence-electron chi connectivity index (χ4n) is 1.79. The average Bonchev–Trinajstić information content (AvgIpc) is 2.88. The Hall–Kier alpha value is -2.41. The van der Waals surface area contributed by atoms with Crippen molar-refractivity contribution in [2.45, 2.75) is 20.4 Å². The van der Waals surface area contributed by atoms with Gasteiger partial charge >= 0.3 is 5.69 Å². The molecule has 0 aliphatic heterocycles. The molecule has 0 aliphatic rings. The number of nitrogens with one attached hydrogen (secondary N) is 1. The van der Waals surface area contributed by atoms with Crippen molar-refractivity contribution in [3.05, 3.63) is 50.8 Å². The molecule has 21 heavy (non-hydrogen) atoms. The van der Waals surface area contributed by atoms with Crippen LogP contribution >= 0.6 is 11.6 Å². The molecule has 0 spiro atoms. The third kappa shape index (κ3) is 3.03. The highest BCUT2D eigenvalue weighted by Gasteiger charge is 2.25. The number of hydrogen-bond acceptors (Lipinski definition) is 4. The molecule has 1 aromatic heterocycles. The zero-order valence-electron chi connectivity index (χ0n) is 11.5. The Morgan fingerprint density at radius 3 is 2.86 bits per heavy atom. The van der Waals surface area contributed by atoms with Gasteiger partial charge in [-0.05, 0) is 31.5 Å². The van der Waals surface area contributed by atoms with Gasteiger partial charge in [-0.1, -0.05) is 17.7 Å². The summed E-state index contributed by atoms with van der Waals surface area (Å²) in [5.41, 5.74) is 0.633.